The zero-order chi connectivity index (χ0) is 16.0. The minimum absolute atomic E-state index is 0.0233. The third-order valence-corrected chi connectivity index (χ3v) is 5.59. The molecule has 112 valence electrons. The Kier molecular flexibility index (Phi) is 3.48. The monoisotopic (exact) mass is 308 g/mol. The molecule has 1 aromatic carbocycles. The van der Waals surface area contributed by atoms with Gasteiger partial charge in [-0.25, -0.2) is 13.2 Å². The lowest BCUT2D eigenvalue weighted by atomic mass is 10.1. The molecule has 0 unspecified atom stereocenters. The maximum Gasteiger partial charge on any atom is 0.419 e. The Morgan fingerprint density at radius 3 is 2.57 bits per heavy atom. The van der Waals surface area contributed by atoms with Gasteiger partial charge in [0.15, 0.2) is 5.58 Å². The van der Waals surface area contributed by atoms with Crippen molar-refractivity contribution >= 4 is 21.1 Å². The van der Waals surface area contributed by atoms with Crippen molar-refractivity contribution in [3.8, 4) is 12.3 Å². The van der Waals surface area contributed by atoms with E-state index in [9.17, 15) is 13.2 Å². The van der Waals surface area contributed by atoms with Crippen molar-refractivity contribution < 1.29 is 12.8 Å². The van der Waals surface area contributed by atoms with Crippen molar-refractivity contribution in [3.63, 3.8) is 0 Å². The number of benzene rings is 1. The van der Waals surface area contributed by atoms with Gasteiger partial charge in [-0.3, -0.25) is 4.57 Å². The predicted octanol–water partition coefficient (Wildman–Crippen LogP) is 1.16. The molecule has 6 nitrogen and oxygen atoms in total. The summed E-state index contributed by atoms with van der Waals surface area (Å²) < 4.78 is 32.6. The van der Waals surface area contributed by atoms with E-state index in [0.29, 0.717) is 5.52 Å². The van der Waals surface area contributed by atoms with Crippen molar-refractivity contribution in [2.45, 2.75) is 24.3 Å². The SMILES string of the molecule is C#CC(C)(C)N(C)S(=O)(=O)c1ccc2c(c1)oc(=O)n2C. The highest BCUT2D eigenvalue weighted by Crippen LogP contribution is 2.25. The fourth-order valence-corrected chi connectivity index (χ4v) is 3.29. The number of hydrogen-bond acceptors (Lipinski definition) is 4. The second-order valence-corrected chi connectivity index (χ2v) is 7.20. The van der Waals surface area contributed by atoms with Crippen molar-refractivity contribution in [2.24, 2.45) is 7.05 Å². The zero-order valence-corrected chi connectivity index (χ0v) is 13.1. The Bertz CT molecular complexity index is 897. The number of rotatable bonds is 3. The van der Waals surface area contributed by atoms with E-state index in [1.54, 1.807) is 20.9 Å². The molecule has 21 heavy (non-hydrogen) atoms. The highest BCUT2D eigenvalue weighted by Gasteiger charge is 2.32. The van der Waals surface area contributed by atoms with E-state index in [1.165, 1.54) is 29.8 Å². The lowest BCUT2D eigenvalue weighted by Gasteiger charge is -2.29. The number of nitrogens with zero attached hydrogens (tertiary/aromatic N) is 2. The zero-order valence-electron chi connectivity index (χ0n) is 12.2. The summed E-state index contributed by atoms with van der Waals surface area (Å²) in [5, 5.41) is 0. The summed E-state index contributed by atoms with van der Waals surface area (Å²) in [5.74, 6) is 1.89. The average Bonchev–Trinajstić information content (AvgIpc) is 2.72. The molecule has 1 heterocycles. The maximum atomic E-state index is 12.6. The van der Waals surface area contributed by atoms with Gasteiger partial charge in [-0.1, -0.05) is 5.92 Å². The van der Waals surface area contributed by atoms with Crippen molar-refractivity contribution in [1.82, 2.24) is 8.87 Å². The van der Waals surface area contributed by atoms with Crippen LogP contribution in [0.1, 0.15) is 13.8 Å². The van der Waals surface area contributed by atoms with Gasteiger partial charge in [-0.15, -0.1) is 6.42 Å². The number of aryl methyl sites for hydroxylation is 1. The Morgan fingerprint density at radius 2 is 2.00 bits per heavy atom. The summed E-state index contributed by atoms with van der Waals surface area (Å²) in [6.45, 7) is 3.26. The van der Waals surface area contributed by atoms with Crippen LogP contribution in [0.4, 0.5) is 0 Å². The summed E-state index contributed by atoms with van der Waals surface area (Å²) >= 11 is 0. The molecule has 0 atom stereocenters. The van der Waals surface area contributed by atoms with Crippen LogP contribution in [0.15, 0.2) is 32.3 Å². The summed E-state index contributed by atoms with van der Waals surface area (Å²) in [4.78, 5) is 11.5. The van der Waals surface area contributed by atoms with E-state index in [4.69, 9.17) is 10.8 Å². The van der Waals surface area contributed by atoms with E-state index >= 15 is 0 Å². The summed E-state index contributed by atoms with van der Waals surface area (Å²) in [6, 6.07) is 4.29. The fourth-order valence-electron chi connectivity index (χ4n) is 1.82. The molecule has 0 N–H and O–H groups in total. The average molecular weight is 308 g/mol. The van der Waals surface area contributed by atoms with E-state index in [1.807, 2.05) is 0 Å². The normalized spacial score (nSPS) is 12.8. The molecule has 2 aromatic rings. The summed E-state index contributed by atoms with van der Waals surface area (Å²) in [5.41, 5.74) is -0.223. The molecule has 2 rings (SSSR count). The Hall–Kier alpha value is -2.04. The first-order valence-corrected chi connectivity index (χ1v) is 7.61. The maximum absolute atomic E-state index is 12.6. The van der Waals surface area contributed by atoms with E-state index in [-0.39, 0.29) is 10.5 Å². The van der Waals surface area contributed by atoms with E-state index < -0.39 is 21.3 Å². The van der Waals surface area contributed by atoms with Gasteiger partial charge in [0.25, 0.3) is 0 Å². The number of fused-ring (bicyclic) bond motifs is 1. The Morgan fingerprint density at radius 1 is 1.38 bits per heavy atom. The van der Waals surface area contributed by atoms with Gasteiger partial charge in [-0.05, 0) is 26.0 Å². The van der Waals surface area contributed by atoms with Crippen molar-refractivity contribution in [2.75, 3.05) is 7.05 Å². The molecule has 0 aliphatic carbocycles. The molecular formula is C14H16N2O4S. The van der Waals surface area contributed by atoms with Crippen LogP contribution in [-0.4, -0.2) is 29.9 Å². The molecule has 0 radical (unpaired) electrons. The first-order valence-electron chi connectivity index (χ1n) is 6.17. The van der Waals surface area contributed by atoms with Gasteiger partial charge < -0.3 is 4.42 Å². The molecular weight excluding hydrogens is 292 g/mol. The van der Waals surface area contributed by atoms with E-state index in [0.717, 1.165) is 4.31 Å². The van der Waals surface area contributed by atoms with Crippen LogP contribution in [0.5, 0.6) is 0 Å². The van der Waals surface area contributed by atoms with Crippen molar-refractivity contribution in [3.05, 3.63) is 28.7 Å². The predicted molar refractivity (Wildman–Crippen MR) is 79.3 cm³/mol. The molecule has 0 saturated heterocycles. The lowest BCUT2D eigenvalue weighted by molar-refractivity contribution is 0.340. The van der Waals surface area contributed by atoms with Gasteiger partial charge in [-0.2, -0.15) is 4.31 Å². The number of oxazole rings is 1. The Labute approximate surface area is 123 Å². The molecule has 0 saturated carbocycles. The quantitative estimate of drug-likeness (QED) is 0.798. The van der Waals surface area contributed by atoms with Crippen molar-refractivity contribution in [1.29, 1.82) is 0 Å². The highest BCUT2D eigenvalue weighted by atomic mass is 32.2. The molecule has 0 bridgehead atoms. The molecule has 0 spiro atoms. The highest BCUT2D eigenvalue weighted by molar-refractivity contribution is 7.89. The molecule has 0 aliphatic rings. The van der Waals surface area contributed by atoms with Crippen LogP contribution in [0.25, 0.3) is 11.1 Å². The first kappa shape index (κ1) is 15.4. The van der Waals surface area contributed by atoms with Crippen LogP contribution in [0.2, 0.25) is 0 Å². The molecule has 1 aromatic heterocycles. The number of aromatic nitrogens is 1. The van der Waals surface area contributed by atoms with Crippen LogP contribution >= 0.6 is 0 Å². The number of hydrogen-bond donors (Lipinski definition) is 0. The van der Waals surface area contributed by atoms with Crippen LogP contribution in [0.3, 0.4) is 0 Å². The number of sulfonamides is 1. The fraction of sp³-hybridized carbons (Fsp3) is 0.357. The smallest absolute Gasteiger partial charge is 0.408 e. The lowest BCUT2D eigenvalue weighted by Crippen LogP contribution is -2.43. The third-order valence-electron chi connectivity index (χ3n) is 3.56. The second kappa shape index (κ2) is 4.76. The molecule has 0 aliphatic heterocycles. The second-order valence-electron chi connectivity index (χ2n) is 5.23. The Balaban J connectivity index is 2.61. The standard InChI is InChI=1S/C14H16N2O4S/c1-6-14(2,3)16(5)21(18,19)10-7-8-11-12(9-10)20-13(17)15(11)4/h1,7-9H,2-5H3. The topological polar surface area (TPSA) is 72.5 Å². The van der Waals surface area contributed by atoms with Gasteiger partial charge in [0, 0.05) is 20.2 Å². The van der Waals surface area contributed by atoms with Crippen LogP contribution in [-0.2, 0) is 17.1 Å². The largest absolute Gasteiger partial charge is 0.419 e. The number of terminal acetylenes is 1. The summed E-state index contributed by atoms with van der Waals surface area (Å²) in [6.07, 6.45) is 5.38. The third kappa shape index (κ3) is 2.37. The van der Waals surface area contributed by atoms with Gasteiger partial charge in [0.05, 0.1) is 16.0 Å². The van der Waals surface area contributed by atoms with Gasteiger partial charge >= 0.3 is 5.76 Å². The minimum Gasteiger partial charge on any atom is -0.408 e. The van der Waals surface area contributed by atoms with Crippen LogP contribution in [0, 0.1) is 12.3 Å². The first-order chi connectivity index (χ1) is 9.61. The molecule has 0 amide bonds. The van der Waals surface area contributed by atoms with Gasteiger partial charge in [0.2, 0.25) is 10.0 Å². The minimum atomic E-state index is -3.78. The van der Waals surface area contributed by atoms with Gasteiger partial charge in [0.1, 0.15) is 0 Å². The molecule has 7 heteroatoms. The summed E-state index contributed by atoms with van der Waals surface area (Å²) in [7, 11) is -0.816. The molecule has 0 fully saturated rings. The van der Waals surface area contributed by atoms with Crippen LogP contribution < -0.4 is 5.76 Å². The van der Waals surface area contributed by atoms with E-state index in [2.05, 4.69) is 5.92 Å².